The highest BCUT2D eigenvalue weighted by atomic mass is 19.2. The van der Waals surface area contributed by atoms with Gasteiger partial charge in [0.05, 0.1) is 5.71 Å². The van der Waals surface area contributed by atoms with Gasteiger partial charge in [0.2, 0.25) is 0 Å². The second-order valence-electron chi connectivity index (χ2n) is 4.58. The molecule has 23 heavy (non-hydrogen) atoms. The Hall–Kier alpha value is -2.83. The lowest BCUT2D eigenvalue weighted by Crippen LogP contribution is -2.25. The molecule has 0 aromatic heterocycles. The molecule has 0 saturated heterocycles. The second-order valence-corrected chi connectivity index (χ2v) is 4.58. The van der Waals surface area contributed by atoms with Crippen LogP contribution < -0.4 is 10.2 Å². The van der Waals surface area contributed by atoms with Crippen LogP contribution in [0.5, 0.6) is 5.75 Å². The summed E-state index contributed by atoms with van der Waals surface area (Å²) < 4.78 is 44.3. The molecule has 0 saturated carbocycles. The zero-order valence-corrected chi connectivity index (χ0v) is 12.1. The maximum Gasteiger partial charge on any atom is 0.277 e. The van der Waals surface area contributed by atoms with Crippen molar-refractivity contribution in [1.29, 1.82) is 0 Å². The molecule has 2 aromatic carbocycles. The van der Waals surface area contributed by atoms with Gasteiger partial charge in [-0.2, -0.15) is 5.10 Å². The molecule has 0 spiro atoms. The fourth-order valence-electron chi connectivity index (χ4n) is 1.67. The van der Waals surface area contributed by atoms with Gasteiger partial charge in [0.15, 0.2) is 29.8 Å². The number of hydrogen-bond donors (Lipinski definition) is 1. The highest BCUT2D eigenvalue weighted by Gasteiger charge is 2.07. The molecule has 1 amide bonds. The van der Waals surface area contributed by atoms with Crippen LogP contribution in [0.25, 0.3) is 0 Å². The number of ether oxygens (including phenoxy) is 1. The SMILES string of the molecule is C/C(=N/NC(=O)COc1ccccc1F)c1ccc(F)c(F)c1. The first-order chi connectivity index (χ1) is 11.0. The van der Waals surface area contributed by atoms with Crippen LogP contribution in [0.4, 0.5) is 13.2 Å². The van der Waals surface area contributed by atoms with Gasteiger partial charge in [0, 0.05) is 5.56 Å². The van der Waals surface area contributed by atoms with Gasteiger partial charge < -0.3 is 4.74 Å². The summed E-state index contributed by atoms with van der Waals surface area (Å²) in [5, 5.41) is 3.75. The van der Waals surface area contributed by atoms with E-state index in [0.29, 0.717) is 5.56 Å². The van der Waals surface area contributed by atoms with Crippen molar-refractivity contribution in [3.63, 3.8) is 0 Å². The normalized spacial score (nSPS) is 11.2. The van der Waals surface area contributed by atoms with Crippen LogP contribution in [-0.2, 0) is 4.79 Å². The molecule has 0 unspecified atom stereocenters. The Labute approximate surface area is 130 Å². The predicted molar refractivity (Wildman–Crippen MR) is 78.6 cm³/mol. The molecular weight excluding hydrogens is 309 g/mol. The van der Waals surface area contributed by atoms with Gasteiger partial charge in [-0.1, -0.05) is 12.1 Å². The van der Waals surface area contributed by atoms with Crippen molar-refractivity contribution in [2.45, 2.75) is 6.92 Å². The van der Waals surface area contributed by atoms with Crippen LogP contribution in [0.3, 0.4) is 0 Å². The third-order valence-electron chi connectivity index (χ3n) is 2.88. The first-order valence-electron chi connectivity index (χ1n) is 6.63. The van der Waals surface area contributed by atoms with E-state index in [2.05, 4.69) is 10.5 Å². The minimum atomic E-state index is -1.01. The van der Waals surface area contributed by atoms with E-state index in [-0.39, 0.29) is 11.5 Å². The summed E-state index contributed by atoms with van der Waals surface area (Å²) >= 11 is 0. The van der Waals surface area contributed by atoms with Crippen LogP contribution in [0.2, 0.25) is 0 Å². The number of benzene rings is 2. The van der Waals surface area contributed by atoms with Crippen molar-refractivity contribution in [2.75, 3.05) is 6.61 Å². The Morgan fingerprint density at radius 1 is 1.09 bits per heavy atom. The van der Waals surface area contributed by atoms with E-state index < -0.39 is 30.0 Å². The number of halogens is 3. The van der Waals surface area contributed by atoms with Gasteiger partial charge in [0.25, 0.3) is 5.91 Å². The van der Waals surface area contributed by atoms with Crippen molar-refractivity contribution in [1.82, 2.24) is 5.43 Å². The number of rotatable bonds is 5. The van der Waals surface area contributed by atoms with Crippen molar-refractivity contribution in [3.8, 4) is 5.75 Å². The summed E-state index contributed by atoms with van der Waals surface area (Å²) in [4.78, 5) is 11.6. The minimum Gasteiger partial charge on any atom is -0.481 e. The van der Waals surface area contributed by atoms with Crippen molar-refractivity contribution >= 4 is 11.6 Å². The molecular formula is C16H13F3N2O2. The van der Waals surface area contributed by atoms with Gasteiger partial charge in [-0.25, -0.2) is 18.6 Å². The number of hydrogen-bond acceptors (Lipinski definition) is 3. The van der Waals surface area contributed by atoms with Crippen LogP contribution in [0, 0.1) is 17.5 Å². The second kappa shape index (κ2) is 7.44. The van der Waals surface area contributed by atoms with Gasteiger partial charge in [-0.05, 0) is 37.3 Å². The van der Waals surface area contributed by atoms with Gasteiger partial charge in [-0.3, -0.25) is 4.79 Å². The zero-order chi connectivity index (χ0) is 16.8. The molecule has 0 atom stereocenters. The molecule has 1 N–H and O–H groups in total. The number of nitrogens with zero attached hydrogens (tertiary/aromatic N) is 1. The maximum absolute atomic E-state index is 13.3. The molecule has 120 valence electrons. The monoisotopic (exact) mass is 322 g/mol. The van der Waals surface area contributed by atoms with E-state index in [9.17, 15) is 18.0 Å². The van der Waals surface area contributed by atoms with Gasteiger partial charge in [0.1, 0.15) is 0 Å². The molecule has 0 aliphatic rings. The average Bonchev–Trinajstić information content (AvgIpc) is 2.54. The standard InChI is InChI=1S/C16H13F3N2O2/c1-10(11-6-7-12(17)14(19)8-11)20-21-16(22)9-23-15-5-3-2-4-13(15)18/h2-8H,9H2,1H3,(H,21,22)/b20-10-. The number of nitrogens with one attached hydrogen (secondary N) is 1. The van der Waals surface area contributed by atoms with Crippen molar-refractivity contribution in [2.24, 2.45) is 5.10 Å². The van der Waals surface area contributed by atoms with Crippen molar-refractivity contribution < 1.29 is 22.7 Å². The van der Waals surface area contributed by atoms with E-state index in [1.165, 1.54) is 31.2 Å². The number of amides is 1. The molecule has 0 fully saturated rings. The Balaban J connectivity index is 1.92. The highest BCUT2D eigenvalue weighted by molar-refractivity contribution is 5.99. The first-order valence-corrected chi connectivity index (χ1v) is 6.63. The van der Waals surface area contributed by atoms with E-state index in [0.717, 1.165) is 12.1 Å². The van der Waals surface area contributed by atoms with Crippen LogP contribution in [-0.4, -0.2) is 18.2 Å². The van der Waals surface area contributed by atoms with E-state index >= 15 is 0 Å². The van der Waals surface area contributed by atoms with Gasteiger partial charge in [-0.15, -0.1) is 0 Å². The number of para-hydroxylation sites is 1. The van der Waals surface area contributed by atoms with E-state index in [1.807, 2.05) is 0 Å². The Kier molecular flexibility index (Phi) is 5.35. The molecule has 0 aliphatic carbocycles. The number of hydrazone groups is 1. The summed E-state index contributed by atoms with van der Waals surface area (Å²) in [5.41, 5.74) is 2.79. The smallest absolute Gasteiger partial charge is 0.277 e. The summed E-state index contributed by atoms with van der Waals surface area (Å²) in [5.74, 6) is -3.23. The zero-order valence-electron chi connectivity index (χ0n) is 12.1. The Morgan fingerprint density at radius 3 is 2.52 bits per heavy atom. The molecule has 0 radical (unpaired) electrons. The van der Waals surface area contributed by atoms with E-state index in [1.54, 1.807) is 6.07 Å². The van der Waals surface area contributed by atoms with Crippen LogP contribution >= 0.6 is 0 Å². The lowest BCUT2D eigenvalue weighted by Gasteiger charge is -2.06. The van der Waals surface area contributed by atoms with Crippen LogP contribution in [0.15, 0.2) is 47.6 Å². The maximum atomic E-state index is 13.3. The summed E-state index contributed by atoms with van der Waals surface area (Å²) in [6.07, 6.45) is 0. The molecule has 0 aliphatic heterocycles. The Morgan fingerprint density at radius 2 is 1.83 bits per heavy atom. The molecule has 2 aromatic rings. The van der Waals surface area contributed by atoms with Crippen molar-refractivity contribution in [3.05, 3.63) is 65.5 Å². The molecule has 4 nitrogen and oxygen atoms in total. The average molecular weight is 322 g/mol. The molecule has 2 rings (SSSR count). The highest BCUT2D eigenvalue weighted by Crippen LogP contribution is 2.15. The lowest BCUT2D eigenvalue weighted by molar-refractivity contribution is -0.123. The minimum absolute atomic E-state index is 0.0519. The molecule has 0 bridgehead atoms. The lowest BCUT2D eigenvalue weighted by atomic mass is 10.1. The topological polar surface area (TPSA) is 50.7 Å². The third kappa shape index (κ3) is 4.57. The predicted octanol–water partition coefficient (Wildman–Crippen LogP) is 3.02. The molecule has 7 heteroatoms. The first kappa shape index (κ1) is 16.5. The quantitative estimate of drug-likeness (QED) is 0.679. The van der Waals surface area contributed by atoms with Gasteiger partial charge >= 0.3 is 0 Å². The summed E-state index contributed by atoms with van der Waals surface area (Å²) in [6.45, 7) is 1.08. The number of carbonyl (C=O) groups excluding carboxylic acids is 1. The fraction of sp³-hybridized carbons (Fsp3) is 0.125. The van der Waals surface area contributed by atoms with E-state index in [4.69, 9.17) is 4.74 Å². The van der Waals surface area contributed by atoms with Crippen LogP contribution in [0.1, 0.15) is 12.5 Å². The Bertz CT molecular complexity index is 748. The largest absolute Gasteiger partial charge is 0.481 e. The number of carbonyl (C=O) groups is 1. The third-order valence-corrected chi connectivity index (χ3v) is 2.88. The summed E-state index contributed by atoms with van der Waals surface area (Å²) in [7, 11) is 0. The molecule has 0 heterocycles. The fourth-order valence-corrected chi connectivity index (χ4v) is 1.67. The summed E-state index contributed by atoms with van der Waals surface area (Å²) in [6, 6.07) is 8.93.